The van der Waals surface area contributed by atoms with Gasteiger partial charge in [0.1, 0.15) is 0 Å². The highest BCUT2D eigenvalue weighted by Gasteiger charge is 2.15. The van der Waals surface area contributed by atoms with Crippen molar-refractivity contribution in [3.63, 3.8) is 0 Å². The number of halogens is 1. The van der Waals surface area contributed by atoms with Gasteiger partial charge >= 0.3 is 5.97 Å². The van der Waals surface area contributed by atoms with Crippen molar-refractivity contribution in [3.05, 3.63) is 60.4 Å². The van der Waals surface area contributed by atoms with Crippen LogP contribution in [0.25, 0.3) is 22.1 Å². The molecule has 30 heavy (non-hydrogen) atoms. The number of thiazole rings is 1. The lowest BCUT2D eigenvalue weighted by Crippen LogP contribution is -2.22. The van der Waals surface area contributed by atoms with Gasteiger partial charge in [0.2, 0.25) is 0 Å². The van der Waals surface area contributed by atoms with Crippen LogP contribution in [0.15, 0.2) is 41.2 Å². The molecule has 0 aliphatic rings. The summed E-state index contributed by atoms with van der Waals surface area (Å²) in [5.74, 6) is 0.488. The standard InChI is InChI=1S/C21H17IN2O5S/c1-3-28-16-9-12(8-13(22)19(16)29-11-18(25)27-2)10-17-20(26)24-15-7-5-4-6-14(15)23-21(24)30-17/h4-10H,3,11H2,1-2H3. The predicted molar refractivity (Wildman–Crippen MR) is 123 cm³/mol. The molecule has 0 N–H and O–H groups in total. The summed E-state index contributed by atoms with van der Waals surface area (Å²) < 4.78 is 18.9. The quantitative estimate of drug-likeness (QED) is 0.279. The maximum Gasteiger partial charge on any atom is 0.343 e. The fourth-order valence-electron chi connectivity index (χ4n) is 3.03. The van der Waals surface area contributed by atoms with Crippen molar-refractivity contribution in [1.82, 2.24) is 9.38 Å². The van der Waals surface area contributed by atoms with Gasteiger partial charge in [-0.3, -0.25) is 4.79 Å². The van der Waals surface area contributed by atoms with E-state index in [1.54, 1.807) is 10.5 Å². The van der Waals surface area contributed by atoms with E-state index >= 15 is 0 Å². The van der Waals surface area contributed by atoms with Crippen LogP contribution in [0.1, 0.15) is 12.5 Å². The second-order valence-electron chi connectivity index (χ2n) is 6.26. The summed E-state index contributed by atoms with van der Waals surface area (Å²) in [5, 5.41) is 0. The number of hydrogen-bond acceptors (Lipinski definition) is 7. The minimum absolute atomic E-state index is 0.109. The molecule has 2 heterocycles. The second-order valence-corrected chi connectivity index (χ2v) is 8.43. The van der Waals surface area contributed by atoms with E-state index in [2.05, 4.69) is 32.3 Å². The number of nitrogens with zero attached hydrogens (tertiary/aromatic N) is 2. The summed E-state index contributed by atoms with van der Waals surface area (Å²) in [7, 11) is 1.31. The van der Waals surface area contributed by atoms with E-state index in [1.807, 2.05) is 43.3 Å². The summed E-state index contributed by atoms with van der Waals surface area (Å²) >= 11 is 3.46. The van der Waals surface area contributed by atoms with E-state index in [0.29, 0.717) is 27.6 Å². The molecular formula is C21H17IN2O5S. The first-order valence-electron chi connectivity index (χ1n) is 9.09. The highest BCUT2D eigenvalue weighted by molar-refractivity contribution is 14.1. The molecule has 4 rings (SSSR count). The third kappa shape index (κ3) is 3.86. The van der Waals surface area contributed by atoms with Gasteiger partial charge in [-0.25, -0.2) is 14.2 Å². The minimum atomic E-state index is -0.478. The molecule has 0 saturated carbocycles. The molecule has 4 aromatic rings. The Balaban J connectivity index is 1.79. The Labute approximate surface area is 189 Å². The van der Waals surface area contributed by atoms with Crippen LogP contribution in [0.2, 0.25) is 0 Å². The normalized spacial score (nSPS) is 11.9. The van der Waals surface area contributed by atoms with E-state index < -0.39 is 5.97 Å². The molecule has 0 bridgehead atoms. The third-order valence-electron chi connectivity index (χ3n) is 4.34. The molecule has 154 valence electrons. The summed E-state index contributed by atoms with van der Waals surface area (Å²) in [6.45, 7) is 2.08. The van der Waals surface area contributed by atoms with Crippen molar-refractivity contribution in [2.75, 3.05) is 20.3 Å². The lowest BCUT2D eigenvalue weighted by atomic mass is 10.2. The predicted octanol–water partition coefficient (Wildman–Crippen LogP) is 3.01. The molecule has 0 amide bonds. The number of imidazole rings is 1. The van der Waals surface area contributed by atoms with E-state index in [-0.39, 0.29) is 12.2 Å². The van der Waals surface area contributed by atoms with Crippen molar-refractivity contribution in [3.8, 4) is 11.5 Å². The van der Waals surface area contributed by atoms with Gasteiger partial charge < -0.3 is 14.2 Å². The van der Waals surface area contributed by atoms with E-state index in [9.17, 15) is 9.59 Å². The lowest BCUT2D eigenvalue weighted by molar-refractivity contribution is -0.142. The summed E-state index contributed by atoms with van der Waals surface area (Å²) in [5.41, 5.74) is 2.28. The Kier molecular flexibility index (Phi) is 5.91. The number of benzene rings is 2. The number of para-hydroxylation sites is 2. The average Bonchev–Trinajstić information content (AvgIpc) is 3.23. The number of carbonyl (C=O) groups excluding carboxylic acids is 1. The first kappa shape index (κ1) is 20.6. The number of aromatic nitrogens is 2. The van der Waals surface area contributed by atoms with Crippen molar-refractivity contribution in [2.24, 2.45) is 0 Å². The van der Waals surface area contributed by atoms with E-state index in [4.69, 9.17) is 9.47 Å². The molecule has 7 nitrogen and oxygen atoms in total. The van der Waals surface area contributed by atoms with E-state index in [0.717, 1.165) is 20.2 Å². The average molecular weight is 536 g/mol. The molecule has 0 aliphatic heterocycles. The van der Waals surface area contributed by atoms with Crippen LogP contribution in [0.3, 0.4) is 0 Å². The number of rotatable bonds is 6. The molecule has 0 spiro atoms. The summed E-state index contributed by atoms with van der Waals surface area (Å²) in [4.78, 5) is 29.6. The van der Waals surface area contributed by atoms with Gasteiger partial charge in [-0.15, -0.1) is 0 Å². The summed E-state index contributed by atoms with van der Waals surface area (Å²) in [6, 6.07) is 11.2. The fourth-order valence-corrected chi connectivity index (χ4v) is 4.80. The SMILES string of the molecule is CCOc1cc(C=c2sc3nc4ccccc4n3c2=O)cc(I)c1OCC(=O)OC. The smallest absolute Gasteiger partial charge is 0.343 e. The molecule has 2 aromatic heterocycles. The largest absolute Gasteiger partial charge is 0.490 e. The topological polar surface area (TPSA) is 79.1 Å². The zero-order valence-electron chi connectivity index (χ0n) is 16.2. The van der Waals surface area contributed by atoms with Crippen molar-refractivity contribution < 1.29 is 19.0 Å². The minimum Gasteiger partial charge on any atom is -0.490 e. The number of methoxy groups -OCH3 is 1. The Bertz CT molecular complexity index is 1360. The highest BCUT2D eigenvalue weighted by atomic mass is 127. The van der Waals surface area contributed by atoms with Gasteiger partial charge in [-0.1, -0.05) is 23.5 Å². The van der Waals surface area contributed by atoms with Crippen LogP contribution in [0.4, 0.5) is 0 Å². The molecule has 9 heteroatoms. The number of carbonyl (C=O) groups is 1. The Morgan fingerprint density at radius 1 is 1.27 bits per heavy atom. The monoisotopic (exact) mass is 536 g/mol. The molecule has 0 unspecified atom stereocenters. The second kappa shape index (κ2) is 8.60. The van der Waals surface area contributed by atoms with Gasteiger partial charge in [0, 0.05) is 0 Å². The first-order valence-corrected chi connectivity index (χ1v) is 11.0. The highest BCUT2D eigenvalue weighted by Crippen LogP contribution is 2.34. The van der Waals surface area contributed by atoms with Gasteiger partial charge in [0.15, 0.2) is 23.1 Å². The molecule has 0 atom stereocenters. The van der Waals surface area contributed by atoms with Crippen molar-refractivity contribution >= 4 is 62.0 Å². The molecular weight excluding hydrogens is 519 g/mol. The van der Waals surface area contributed by atoms with Crippen LogP contribution in [-0.4, -0.2) is 35.7 Å². The zero-order chi connectivity index (χ0) is 21.3. The van der Waals surface area contributed by atoms with Crippen LogP contribution in [0.5, 0.6) is 11.5 Å². The summed E-state index contributed by atoms with van der Waals surface area (Å²) in [6.07, 6.45) is 1.81. The maximum atomic E-state index is 13.0. The van der Waals surface area contributed by atoms with Crippen LogP contribution >= 0.6 is 33.9 Å². The van der Waals surface area contributed by atoms with E-state index in [1.165, 1.54) is 18.4 Å². The van der Waals surface area contributed by atoms with Crippen LogP contribution in [-0.2, 0) is 9.53 Å². The fraction of sp³-hybridized carbons (Fsp3) is 0.190. The Hall–Kier alpha value is -2.66. The number of fused-ring (bicyclic) bond motifs is 3. The molecule has 0 aliphatic carbocycles. The number of hydrogen-bond donors (Lipinski definition) is 0. The molecule has 0 saturated heterocycles. The first-order chi connectivity index (χ1) is 14.5. The van der Waals surface area contributed by atoms with Gasteiger partial charge in [0.05, 0.1) is 32.9 Å². The molecule has 0 fully saturated rings. The van der Waals surface area contributed by atoms with Crippen LogP contribution < -0.4 is 19.6 Å². The zero-order valence-corrected chi connectivity index (χ0v) is 19.2. The lowest BCUT2D eigenvalue weighted by Gasteiger charge is -2.14. The molecule has 0 radical (unpaired) electrons. The Morgan fingerprint density at radius 2 is 2.07 bits per heavy atom. The molecule has 2 aromatic carbocycles. The Morgan fingerprint density at radius 3 is 2.83 bits per heavy atom. The third-order valence-corrected chi connectivity index (χ3v) is 6.11. The number of ether oxygens (including phenoxy) is 3. The van der Waals surface area contributed by atoms with Gasteiger partial charge in [-0.05, 0) is 65.4 Å². The van der Waals surface area contributed by atoms with Crippen LogP contribution in [0, 0.1) is 3.57 Å². The van der Waals surface area contributed by atoms with Gasteiger partial charge in [0.25, 0.3) is 5.56 Å². The van der Waals surface area contributed by atoms with Gasteiger partial charge in [-0.2, -0.15) is 0 Å². The maximum absolute atomic E-state index is 13.0. The van der Waals surface area contributed by atoms with Crippen molar-refractivity contribution in [2.45, 2.75) is 6.92 Å². The van der Waals surface area contributed by atoms with Crippen molar-refractivity contribution in [1.29, 1.82) is 0 Å². The number of esters is 1.